The molecule has 3 rings (SSSR count). The highest BCUT2D eigenvalue weighted by molar-refractivity contribution is 9.10. The Hall–Kier alpha value is -1.58. The van der Waals surface area contributed by atoms with Crippen LogP contribution in [0.3, 0.4) is 0 Å². The topological polar surface area (TPSA) is 29.5 Å². The zero-order chi connectivity index (χ0) is 14.1. The van der Waals surface area contributed by atoms with Crippen LogP contribution < -0.4 is 4.74 Å². The molecule has 2 nitrogen and oxygen atoms in total. The molecule has 0 spiro atoms. The lowest BCUT2D eigenvalue weighted by molar-refractivity contribution is 0.146. The first-order valence-corrected chi connectivity index (χ1v) is 7.35. The minimum Gasteiger partial charge on any atom is -0.457 e. The van der Waals surface area contributed by atoms with Crippen molar-refractivity contribution in [3.63, 3.8) is 0 Å². The number of aliphatic hydroxyl groups is 1. The van der Waals surface area contributed by atoms with E-state index < -0.39 is 6.10 Å². The van der Waals surface area contributed by atoms with Crippen molar-refractivity contribution in [3.8, 4) is 11.5 Å². The van der Waals surface area contributed by atoms with Gasteiger partial charge in [-0.25, -0.2) is 0 Å². The minimum atomic E-state index is -0.607. The van der Waals surface area contributed by atoms with Crippen LogP contribution in [0.4, 0.5) is 0 Å². The van der Waals surface area contributed by atoms with Crippen molar-refractivity contribution in [2.75, 3.05) is 0 Å². The molecule has 102 valence electrons. The maximum Gasteiger partial charge on any atom is 0.133 e. The number of halogens is 1. The molecule has 1 heterocycles. The van der Waals surface area contributed by atoms with Crippen molar-refractivity contribution in [1.82, 2.24) is 0 Å². The Morgan fingerprint density at radius 3 is 2.70 bits per heavy atom. The van der Waals surface area contributed by atoms with E-state index in [0.717, 1.165) is 21.3 Å². The summed E-state index contributed by atoms with van der Waals surface area (Å²) in [7, 11) is 0. The van der Waals surface area contributed by atoms with E-state index in [9.17, 15) is 5.11 Å². The summed E-state index contributed by atoms with van der Waals surface area (Å²) >= 11 is 3.45. The van der Waals surface area contributed by atoms with Gasteiger partial charge in [-0.05, 0) is 30.7 Å². The number of hydrogen-bond acceptors (Lipinski definition) is 2. The second kappa shape index (κ2) is 5.43. The summed E-state index contributed by atoms with van der Waals surface area (Å²) < 4.78 is 6.92. The first-order chi connectivity index (χ1) is 9.70. The van der Waals surface area contributed by atoms with Gasteiger partial charge in [-0.1, -0.05) is 40.2 Å². The second-order valence-electron chi connectivity index (χ2n) is 4.90. The predicted molar refractivity (Wildman–Crippen MR) is 83.2 cm³/mol. The molecule has 0 fully saturated rings. The molecule has 0 saturated heterocycles. The molecule has 0 unspecified atom stereocenters. The molecule has 0 saturated carbocycles. The Kier molecular flexibility index (Phi) is 3.64. The fraction of sp³-hybridized carbons (Fsp3) is 0.176. The quantitative estimate of drug-likeness (QED) is 0.789. The highest BCUT2D eigenvalue weighted by Crippen LogP contribution is 2.47. The van der Waals surface area contributed by atoms with Crippen LogP contribution in [0, 0.1) is 0 Å². The summed E-state index contributed by atoms with van der Waals surface area (Å²) in [5.74, 6) is 1.47. The van der Waals surface area contributed by atoms with Crippen LogP contribution in [0.15, 0.2) is 59.6 Å². The molecule has 2 atom stereocenters. The molecule has 0 bridgehead atoms. The van der Waals surface area contributed by atoms with Gasteiger partial charge in [0.25, 0.3) is 0 Å². The summed E-state index contributed by atoms with van der Waals surface area (Å²) in [4.78, 5) is 0. The van der Waals surface area contributed by atoms with E-state index in [1.807, 2.05) is 48.5 Å². The molecular formula is C17H15BrO2. The van der Waals surface area contributed by atoms with Gasteiger partial charge < -0.3 is 9.84 Å². The van der Waals surface area contributed by atoms with Crippen LogP contribution in [0.5, 0.6) is 11.5 Å². The second-order valence-corrected chi connectivity index (χ2v) is 5.81. The van der Waals surface area contributed by atoms with Crippen LogP contribution in [0.2, 0.25) is 0 Å². The molecule has 2 aromatic rings. The molecule has 0 radical (unpaired) electrons. The molecule has 0 aromatic heterocycles. The van der Waals surface area contributed by atoms with E-state index in [0.29, 0.717) is 12.2 Å². The summed E-state index contributed by atoms with van der Waals surface area (Å²) in [6, 6.07) is 13.6. The first-order valence-electron chi connectivity index (χ1n) is 6.56. The van der Waals surface area contributed by atoms with E-state index in [1.54, 1.807) is 0 Å². The molecule has 1 aliphatic heterocycles. The van der Waals surface area contributed by atoms with Gasteiger partial charge in [-0.15, -0.1) is 6.58 Å². The van der Waals surface area contributed by atoms with Gasteiger partial charge in [-0.2, -0.15) is 0 Å². The van der Waals surface area contributed by atoms with E-state index in [4.69, 9.17) is 4.74 Å². The van der Waals surface area contributed by atoms with E-state index in [1.165, 1.54) is 0 Å². The van der Waals surface area contributed by atoms with Crippen LogP contribution >= 0.6 is 15.9 Å². The van der Waals surface area contributed by atoms with E-state index >= 15 is 0 Å². The van der Waals surface area contributed by atoms with Crippen LogP contribution in [-0.4, -0.2) is 5.11 Å². The van der Waals surface area contributed by atoms with Crippen LogP contribution in [-0.2, 0) is 0 Å². The molecule has 1 aliphatic rings. The number of rotatable bonds is 2. The Labute approximate surface area is 126 Å². The highest BCUT2D eigenvalue weighted by atomic mass is 79.9. The number of fused-ring (bicyclic) bond motifs is 2. The molecule has 0 aliphatic carbocycles. The maximum atomic E-state index is 10.8. The zero-order valence-electron chi connectivity index (χ0n) is 10.9. The monoisotopic (exact) mass is 330 g/mol. The number of aliphatic hydroxyl groups excluding tert-OH is 1. The van der Waals surface area contributed by atoms with Crippen LogP contribution in [0.1, 0.15) is 29.6 Å². The SMILES string of the molecule is C=CC[C@@H]1c2ccccc2Oc2ccc(Br)cc2[C@@H]1O. The van der Waals surface area contributed by atoms with Gasteiger partial charge in [0, 0.05) is 21.5 Å². The van der Waals surface area contributed by atoms with Crippen molar-refractivity contribution in [2.24, 2.45) is 0 Å². The third kappa shape index (κ3) is 2.28. The lowest BCUT2D eigenvalue weighted by atomic mass is 9.87. The molecule has 1 N–H and O–H groups in total. The minimum absolute atomic E-state index is 0.0424. The number of para-hydroxylation sites is 1. The largest absolute Gasteiger partial charge is 0.457 e. The lowest BCUT2D eigenvalue weighted by Crippen LogP contribution is -2.09. The average Bonchev–Trinajstić information content (AvgIpc) is 2.57. The lowest BCUT2D eigenvalue weighted by Gasteiger charge is -2.20. The molecule has 20 heavy (non-hydrogen) atoms. The summed E-state index contributed by atoms with van der Waals surface area (Å²) in [5, 5.41) is 10.8. The Balaban J connectivity index is 2.19. The summed E-state index contributed by atoms with van der Waals surface area (Å²) in [6.07, 6.45) is 1.94. The number of allylic oxidation sites excluding steroid dienone is 1. The third-order valence-electron chi connectivity index (χ3n) is 3.63. The fourth-order valence-corrected chi connectivity index (χ4v) is 3.04. The first kappa shape index (κ1) is 13.4. The number of benzene rings is 2. The number of ether oxygens (including phenoxy) is 1. The summed E-state index contributed by atoms with van der Waals surface area (Å²) in [5.41, 5.74) is 1.83. The Morgan fingerprint density at radius 2 is 1.90 bits per heavy atom. The van der Waals surface area contributed by atoms with Crippen molar-refractivity contribution in [1.29, 1.82) is 0 Å². The van der Waals surface area contributed by atoms with Crippen LogP contribution in [0.25, 0.3) is 0 Å². The standard InChI is InChI=1S/C17H15BrO2/c1-2-5-13-12-6-3-4-7-15(12)20-16-9-8-11(18)10-14(16)17(13)19/h2-4,6-10,13,17,19H,1,5H2/t13-,17-/m1/s1. The van der Waals surface area contributed by atoms with Crippen molar-refractivity contribution < 1.29 is 9.84 Å². The van der Waals surface area contributed by atoms with Crippen molar-refractivity contribution >= 4 is 15.9 Å². The molecule has 0 amide bonds. The third-order valence-corrected chi connectivity index (χ3v) is 4.12. The Morgan fingerprint density at radius 1 is 1.15 bits per heavy atom. The fourth-order valence-electron chi connectivity index (χ4n) is 2.66. The number of hydrogen-bond donors (Lipinski definition) is 1. The van der Waals surface area contributed by atoms with Gasteiger partial charge in [0.05, 0.1) is 6.10 Å². The average molecular weight is 331 g/mol. The van der Waals surface area contributed by atoms with E-state index in [2.05, 4.69) is 22.5 Å². The summed E-state index contributed by atoms with van der Waals surface area (Å²) in [6.45, 7) is 3.81. The molecular weight excluding hydrogens is 316 g/mol. The predicted octanol–water partition coefficient (Wildman–Crippen LogP) is 4.95. The van der Waals surface area contributed by atoms with Crippen molar-refractivity contribution in [2.45, 2.75) is 18.4 Å². The van der Waals surface area contributed by atoms with Gasteiger partial charge >= 0.3 is 0 Å². The Bertz CT molecular complexity index is 651. The highest BCUT2D eigenvalue weighted by Gasteiger charge is 2.30. The van der Waals surface area contributed by atoms with Gasteiger partial charge in [0.2, 0.25) is 0 Å². The normalized spacial score (nSPS) is 20.3. The van der Waals surface area contributed by atoms with E-state index in [-0.39, 0.29) is 5.92 Å². The smallest absolute Gasteiger partial charge is 0.133 e. The molecule has 2 aromatic carbocycles. The van der Waals surface area contributed by atoms with Gasteiger partial charge in [0.1, 0.15) is 11.5 Å². The maximum absolute atomic E-state index is 10.8. The van der Waals surface area contributed by atoms with Crippen molar-refractivity contribution in [3.05, 3.63) is 70.7 Å². The zero-order valence-corrected chi connectivity index (χ0v) is 12.5. The van der Waals surface area contributed by atoms with Gasteiger partial charge in [-0.3, -0.25) is 0 Å². The van der Waals surface area contributed by atoms with Gasteiger partial charge in [0.15, 0.2) is 0 Å². The molecule has 3 heteroatoms.